The van der Waals surface area contributed by atoms with Gasteiger partial charge in [-0.05, 0) is 86.5 Å². The molecular formula is C37H34O6. The summed E-state index contributed by atoms with van der Waals surface area (Å²) >= 11 is 0. The van der Waals surface area contributed by atoms with E-state index < -0.39 is 0 Å². The molecule has 43 heavy (non-hydrogen) atoms. The SMILES string of the molecule is CC(=O)c1ccc(C(C)=O)cc1.CC(=O)c1ccc2cc(C(C)=O)ccc2c1.COc1ccc2cc(C(C)=O)ccc2c1. The fraction of sp³-hybridized carbons (Fsp3) is 0.162. The smallest absolute Gasteiger partial charge is 0.159 e. The molecule has 5 rings (SSSR count). The van der Waals surface area contributed by atoms with Gasteiger partial charge in [-0.1, -0.05) is 66.7 Å². The van der Waals surface area contributed by atoms with Gasteiger partial charge in [-0.15, -0.1) is 0 Å². The van der Waals surface area contributed by atoms with Crippen molar-refractivity contribution in [1.82, 2.24) is 0 Å². The highest BCUT2D eigenvalue weighted by Crippen LogP contribution is 2.22. The number of ketones is 5. The van der Waals surface area contributed by atoms with Crippen molar-refractivity contribution >= 4 is 50.5 Å². The van der Waals surface area contributed by atoms with Crippen LogP contribution in [0.25, 0.3) is 21.5 Å². The molecule has 0 saturated carbocycles. The second-order valence-electron chi connectivity index (χ2n) is 10.1. The molecule has 0 radical (unpaired) electrons. The Morgan fingerprint density at radius 1 is 0.372 bits per heavy atom. The van der Waals surface area contributed by atoms with Gasteiger partial charge in [-0.3, -0.25) is 24.0 Å². The quantitative estimate of drug-likeness (QED) is 0.189. The van der Waals surface area contributed by atoms with E-state index in [0.717, 1.165) is 32.9 Å². The molecule has 0 amide bonds. The molecule has 5 aromatic carbocycles. The first-order chi connectivity index (χ1) is 20.4. The van der Waals surface area contributed by atoms with E-state index >= 15 is 0 Å². The third-order valence-electron chi connectivity index (χ3n) is 6.81. The van der Waals surface area contributed by atoms with Crippen molar-refractivity contribution in [3.63, 3.8) is 0 Å². The number of hydrogen-bond acceptors (Lipinski definition) is 6. The predicted molar refractivity (Wildman–Crippen MR) is 171 cm³/mol. The van der Waals surface area contributed by atoms with Crippen LogP contribution < -0.4 is 4.74 Å². The normalized spacial score (nSPS) is 10.1. The lowest BCUT2D eigenvalue weighted by molar-refractivity contribution is 0.100. The Balaban J connectivity index is 0.000000179. The summed E-state index contributed by atoms with van der Waals surface area (Å²) in [5.74, 6) is 1.07. The highest BCUT2D eigenvalue weighted by molar-refractivity contribution is 6.02. The van der Waals surface area contributed by atoms with Gasteiger partial charge in [0.1, 0.15) is 5.75 Å². The lowest BCUT2D eigenvalue weighted by atomic mass is 10.0. The summed E-state index contributed by atoms with van der Waals surface area (Å²) in [5.41, 5.74) is 3.42. The molecule has 0 aliphatic carbocycles. The molecule has 0 bridgehead atoms. The number of carbonyl (C=O) groups is 5. The van der Waals surface area contributed by atoms with Gasteiger partial charge >= 0.3 is 0 Å². The van der Waals surface area contributed by atoms with E-state index in [-0.39, 0.29) is 28.9 Å². The zero-order valence-electron chi connectivity index (χ0n) is 25.2. The zero-order chi connectivity index (χ0) is 31.7. The molecule has 218 valence electrons. The highest BCUT2D eigenvalue weighted by atomic mass is 16.5. The highest BCUT2D eigenvalue weighted by Gasteiger charge is 2.05. The standard InChI is InChI=1S/C14H12O2.C13H12O2.C10H10O2/c1-9(15)11-3-5-14-8-12(10(2)16)4-6-13(14)7-11;1-9(14)10-3-4-12-8-13(15-2)6-5-11(12)7-10;1-7(11)9-3-5-10(6-4-9)8(2)12/h3-8H,1-2H3;3-8H,1-2H3;3-6H,1-2H3. The van der Waals surface area contributed by atoms with Crippen molar-refractivity contribution in [2.75, 3.05) is 7.11 Å². The minimum absolute atomic E-state index is 0.0186. The van der Waals surface area contributed by atoms with E-state index in [1.165, 1.54) is 13.8 Å². The predicted octanol–water partition coefficient (Wildman–Crippen LogP) is 8.39. The Labute approximate surface area is 251 Å². The maximum Gasteiger partial charge on any atom is 0.159 e. The first-order valence-electron chi connectivity index (χ1n) is 13.7. The fourth-order valence-electron chi connectivity index (χ4n) is 4.19. The van der Waals surface area contributed by atoms with E-state index in [0.29, 0.717) is 22.3 Å². The van der Waals surface area contributed by atoms with Crippen LogP contribution in [0, 0.1) is 0 Å². The second kappa shape index (κ2) is 14.6. The van der Waals surface area contributed by atoms with Crippen molar-refractivity contribution in [2.45, 2.75) is 34.6 Å². The van der Waals surface area contributed by atoms with Crippen molar-refractivity contribution in [3.05, 3.63) is 125 Å². The molecule has 0 atom stereocenters. The van der Waals surface area contributed by atoms with Crippen LogP contribution >= 0.6 is 0 Å². The van der Waals surface area contributed by atoms with Crippen LogP contribution in [0.3, 0.4) is 0 Å². The molecule has 0 aliphatic heterocycles. The van der Waals surface area contributed by atoms with E-state index in [1.807, 2.05) is 60.7 Å². The molecule has 0 aromatic heterocycles. The minimum atomic E-state index is 0.0186. The summed E-state index contributed by atoms with van der Waals surface area (Å²) in [7, 11) is 1.64. The van der Waals surface area contributed by atoms with Gasteiger partial charge in [0.05, 0.1) is 7.11 Å². The van der Waals surface area contributed by atoms with Gasteiger partial charge in [0.2, 0.25) is 0 Å². The second-order valence-corrected chi connectivity index (χ2v) is 10.1. The summed E-state index contributed by atoms with van der Waals surface area (Å²) in [6, 6.07) is 29.2. The zero-order valence-corrected chi connectivity index (χ0v) is 25.2. The number of ether oxygens (including phenoxy) is 1. The maximum absolute atomic E-state index is 11.2. The van der Waals surface area contributed by atoms with Crippen molar-refractivity contribution in [3.8, 4) is 5.75 Å². The molecular weight excluding hydrogens is 540 g/mol. The number of hydrogen-bond donors (Lipinski definition) is 0. The van der Waals surface area contributed by atoms with Crippen molar-refractivity contribution in [1.29, 1.82) is 0 Å². The molecule has 0 spiro atoms. The Morgan fingerprint density at radius 2 is 0.628 bits per heavy atom. The van der Waals surface area contributed by atoms with E-state index in [2.05, 4.69) is 0 Å². The topological polar surface area (TPSA) is 94.6 Å². The first-order valence-corrected chi connectivity index (χ1v) is 13.7. The molecule has 0 N–H and O–H groups in total. The number of benzene rings is 5. The van der Waals surface area contributed by atoms with Crippen molar-refractivity contribution in [2.24, 2.45) is 0 Å². The Morgan fingerprint density at radius 3 is 0.907 bits per heavy atom. The van der Waals surface area contributed by atoms with Gasteiger partial charge in [0.25, 0.3) is 0 Å². The number of Topliss-reactive ketones (excluding diaryl/α,β-unsaturated/α-hetero) is 5. The average Bonchev–Trinajstić information content (AvgIpc) is 3.00. The lowest BCUT2D eigenvalue weighted by Crippen LogP contribution is -1.95. The molecule has 0 heterocycles. The first kappa shape index (κ1) is 32.3. The third-order valence-corrected chi connectivity index (χ3v) is 6.81. The summed E-state index contributed by atoms with van der Waals surface area (Å²) in [6.07, 6.45) is 0. The average molecular weight is 575 g/mol. The third kappa shape index (κ3) is 8.88. The Kier molecular flexibility index (Phi) is 11.0. The molecule has 6 heteroatoms. The van der Waals surface area contributed by atoms with Gasteiger partial charge in [-0.25, -0.2) is 0 Å². The molecule has 0 saturated heterocycles. The maximum atomic E-state index is 11.2. The number of carbonyl (C=O) groups excluding carboxylic acids is 5. The van der Waals surface area contributed by atoms with Gasteiger partial charge < -0.3 is 4.74 Å². The van der Waals surface area contributed by atoms with Crippen LogP contribution in [-0.2, 0) is 0 Å². The lowest BCUT2D eigenvalue weighted by Gasteiger charge is -2.03. The summed E-state index contributed by atoms with van der Waals surface area (Å²) in [4.78, 5) is 55.3. The van der Waals surface area contributed by atoms with E-state index in [9.17, 15) is 24.0 Å². The van der Waals surface area contributed by atoms with E-state index in [4.69, 9.17) is 4.74 Å². The number of methoxy groups -OCH3 is 1. The monoisotopic (exact) mass is 574 g/mol. The van der Waals surface area contributed by atoms with Gasteiger partial charge in [0, 0.05) is 27.8 Å². The Hall–Kier alpha value is -5.23. The summed E-state index contributed by atoms with van der Waals surface area (Å²) < 4.78 is 5.13. The van der Waals surface area contributed by atoms with Crippen LogP contribution in [0.5, 0.6) is 5.75 Å². The molecule has 5 aromatic rings. The molecule has 0 aliphatic rings. The summed E-state index contributed by atoms with van der Waals surface area (Å²) in [6.45, 7) is 7.67. The van der Waals surface area contributed by atoms with Crippen LogP contribution in [0.4, 0.5) is 0 Å². The summed E-state index contributed by atoms with van der Waals surface area (Å²) in [5, 5.41) is 4.11. The van der Waals surface area contributed by atoms with Crippen LogP contribution in [0.15, 0.2) is 97.1 Å². The number of rotatable bonds is 6. The minimum Gasteiger partial charge on any atom is -0.497 e. The van der Waals surface area contributed by atoms with Crippen LogP contribution in [-0.4, -0.2) is 36.0 Å². The molecule has 0 unspecified atom stereocenters. The molecule has 6 nitrogen and oxygen atoms in total. The largest absolute Gasteiger partial charge is 0.497 e. The number of fused-ring (bicyclic) bond motifs is 2. The fourth-order valence-corrected chi connectivity index (χ4v) is 4.19. The van der Waals surface area contributed by atoms with E-state index in [1.54, 1.807) is 64.3 Å². The van der Waals surface area contributed by atoms with Crippen LogP contribution in [0.1, 0.15) is 86.4 Å². The van der Waals surface area contributed by atoms with Gasteiger partial charge in [-0.2, -0.15) is 0 Å². The van der Waals surface area contributed by atoms with Gasteiger partial charge in [0.15, 0.2) is 28.9 Å². The van der Waals surface area contributed by atoms with Crippen molar-refractivity contribution < 1.29 is 28.7 Å². The van der Waals surface area contributed by atoms with Crippen LogP contribution in [0.2, 0.25) is 0 Å². The molecule has 0 fully saturated rings. The Bertz CT molecular complexity index is 1740.